The van der Waals surface area contributed by atoms with Gasteiger partial charge in [0.25, 0.3) is 0 Å². The van der Waals surface area contributed by atoms with Gasteiger partial charge in [-0.2, -0.15) is 0 Å². The van der Waals surface area contributed by atoms with Gasteiger partial charge in [-0.3, -0.25) is 4.79 Å². The number of aryl methyl sites for hydroxylation is 1. The molecule has 14 heavy (non-hydrogen) atoms. The van der Waals surface area contributed by atoms with Crippen molar-refractivity contribution in [2.75, 3.05) is 0 Å². The lowest BCUT2D eigenvalue weighted by atomic mass is 9.96. The second-order valence-corrected chi connectivity index (χ2v) is 4.42. The van der Waals surface area contributed by atoms with E-state index >= 15 is 0 Å². The molecule has 1 aliphatic rings. The topological polar surface area (TPSA) is 55.1 Å². The highest BCUT2D eigenvalue weighted by atomic mass is 79.9. The minimum atomic E-state index is -0.713. The minimum Gasteiger partial charge on any atom is -0.481 e. The van der Waals surface area contributed by atoms with E-state index in [0.717, 1.165) is 29.8 Å². The van der Waals surface area contributed by atoms with Gasteiger partial charge in [0.2, 0.25) is 0 Å². The van der Waals surface area contributed by atoms with Gasteiger partial charge in [0.05, 0.1) is 6.20 Å². The van der Waals surface area contributed by atoms with Crippen molar-refractivity contribution in [1.82, 2.24) is 9.55 Å². The zero-order valence-electron chi connectivity index (χ0n) is 7.61. The lowest BCUT2D eigenvalue weighted by molar-refractivity contribution is -0.138. The van der Waals surface area contributed by atoms with Crippen molar-refractivity contribution in [2.24, 2.45) is 5.92 Å². The summed E-state index contributed by atoms with van der Waals surface area (Å²) in [7, 11) is 0. The summed E-state index contributed by atoms with van der Waals surface area (Å²) in [5.41, 5.74) is 0. The van der Waals surface area contributed by atoms with E-state index in [4.69, 9.17) is 5.11 Å². The maximum Gasteiger partial charge on any atom is 0.303 e. The van der Waals surface area contributed by atoms with Crippen LogP contribution in [0.1, 0.15) is 18.7 Å². The van der Waals surface area contributed by atoms with E-state index in [2.05, 4.69) is 25.5 Å². The van der Waals surface area contributed by atoms with Crippen LogP contribution < -0.4 is 0 Å². The Morgan fingerprint density at radius 1 is 1.79 bits per heavy atom. The Balaban J connectivity index is 2.12. The molecule has 0 aliphatic carbocycles. The number of fused-ring (bicyclic) bond motifs is 1. The Labute approximate surface area is 90.1 Å². The number of nitrogens with zero attached hydrogens (tertiary/aromatic N) is 2. The zero-order chi connectivity index (χ0) is 10.1. The number of carboxylic acid groups (broad SMARTS) is 1. The van der Waals surface area contributed by atoms with Crippen molar-refractivity contribution >= 4 is 21.9 Å². The van der Waals surface area contributed by atoms with Crippen molar-refractivity contribution < 1.29 is 9.90 Å². The molecule has 1 aromatic rings. The Bertz CT molecular complexity index is 362. The summed E-state index contributed by atoms with van der Waals surface area (Å²) in [5, 5.41) is 8.70. The molecule has 0 radical (unpaired) electrons. The molecule has 0 bridgehead atoms. The third kappa shape index (κ3) is 1.82. The lowest BCUT2D eigenvalue weighted by Crippen LogP contribution is -2.22. The quantitative estimate of drug-likeness (QED) is 0.879. The van der Waals surface area contributed by atoms with Gasteiger partial charge in [-0.1, -0.05) is 0 Å². The van der Waals surface area contributed by atoms with Crippen molar-refractivity contribution in [3.8, 4) is 0 Å². The monoisotopic (exact) mass is 258 g/mol. The van der Waals surface area contributed by atoms with Crippen LogP contribution in [0.5, 0.6) is 0 Å². The summed E-state index contributed by atoms with van der Waals surface area (Å²) in [5.74, 6) is 0.582. The van der Waals surface area contributed by atoms with E-state index in [9.17, 15) is 4.79 Å². The predicted molar refractivity (Wildman–Crippen MR) is 54.0 cm³/mol. The Hall–Kier alpha value is -0.840. The molecule has 2 rings (SSSR count). The number of hydrogen-bond donors (Lipinski definition) is 1. The van der Waals surface area contributed by atoms with Crippen molar-refractivity contribution in [3.63, 3.8) is 0 Å². The molecule has 0 fully saturated rings. The van der Waals surface area contributed by atoms with E-state index < -0.39 is 5.97 Å². The van der Waals surface area contributed by atoms with E-state index in [1.807, 2.05) is 0 Å². The average Bonchev–Trinajstić information content (AvgIpc) is 2.47. The van der Waals surface area contributed by atoms with Gasteiger partial charge in [-0.05, 0) is 28.3 Å². The SMILES string of the molecule is O=C(O)CC1CCc2ncc(Br)n2C1. The largest absolute Gasteiger partial charge is 0.481 e. The summed E-state index contributed by atoms with van der Waals surface area (Å²) in [6.07, 6.45) is 3.84. The van der Waals surface area contributed by atoms with E-state index in [-0.39, 0.29) is 12.3 Å². The number of imidazole rings is 1. The summed E-state index contributed by atoms with van der Waals surface area (Å²) in [4.78, 5) is 14.8. The van der Waals surface area contributed by atoms with Crippen LogP contribution in [-0.2, 0) is 17.8 Å². The number of carboxylic acids is 1. The fraction of sp³-hybridized carbons (Fsp3) is 0.556. The summed E-state index contributed by atoms with van der Waals surface area (Å²) >= 11 is 3.40. The Morgan fingerprint density at radius 2 is 2.57 bits per heavy atom. The predicted octanol–water partition coefficient (Wildman–Crippen LogP) is 1.68. The van der Waals surface area contributed by atoms with E-state index in [0.29, 0.717) is 0 Å². The number of aromatic nitrogens is 2. The fourth-order valence-electron chi connectivity index (χ4n) is 1.88. The highest BCUT2D eigenvalue weighted by Gasteiger charge is 2.22. The molecule has 0 saturated carbocycles. The first-order chi connectivity index (χ1) is 6.66. The van der Waals surface area contributed by atoms with Gasteiger partial charge < -0.3 is 9.67 Å². The van der Waals surface area contributed by atoms with Gasteiger partial charge >= 0.3 is 5.97 Å². The fourth-order valence-corrected chi connectivity index (χ4v) is 2.33. The van der Waals surface area contributed by atoms with Crippen LogP contribution in [-0.4, -0.2) is 20.6 Å². The van der Waals surface area contributed by atoms with Gasteiger partial charge in [-0.15, -0.1) is 0 Å². The molecule has 1 aliphatic heterocycles. The molecule has 0 spiro atoms. The minimum absolute atomic E-state index is 0.241. The number of hydrogen-bond acceptors (Lipinski definition) is 2. The molecule has 1 N–H and O–H groups in total. The average molecular weight is 259 g/mol. The second kappa shape index (κ2) is 3.73. The normalized spacial score (nSPS) is 20.5. The Kier molecular flexibility index (Phi) is 2.58. The third-order valence-electron chi connectivity index (χ3n) is 2.57. The molecule has 4 nitrogen and oxygen atoms in total. The molecule has 0 saturated heterocycles. The molecule has 1 unspecified atom stereocenters. The first-order valence-corrected chi connectivity index (χ1v) is 5.38. The van der Waals surface area contributed by atoms with Crippen LogP contribution in [0.25, 0.3) is 0 Å². The second-order valence-electron chi connectivity index (χ2n) is 3.61. The smallest absolute Gasteiger partial charge is 0.303 e. The zero-order valence-corrected chi connectivity index (χ0v) is 9.20. The van der Waals surface area contributed by atoms with Gasteiger partial charge in [0.15, 0.2) is 0 Å². The van der Waals surface area contributed by atoms with Crippen LogP contribution in [0.4, 0.5) is 0 Å². The molecule has 0 aromatic carbocycles. The van der Waals surface area contributed by atoms with E-state index in [1.54, 1.807) is 6.20 Å². The van der Waals surface area contributed by atoms with Gasteiger partial charge in [0, 0.05) is 19.4 Å². The van der Waals surface area contributed by atoms with Crippen LogP contribution in [0, 0.1) is 5.92 Å². The summed E-state index contributed by atoms with van der Waals surface area (Å²) in [6, 6.07) is 0. The summed E-state index contributed by atoms with van der Waals surface area (Å²) < 4.78 is 3.00. The molecule has 2 heterocycles. The van der Waals surface area contributed by atoms with Gasteiger partial charge in [-0.25, -0.2) is 4.98 Å². The third-order valence-corrected chi connectivity index (χ3v) is 3.20. The molecule has 1 aromatic heterocycles. The van der Waals surface area contributed by atoms with Crippen LogP contribution in [0.15, 0.2) is 10.8 Å². The number of halogens is 1. The molecule has 76 valence electrons. The number of carbonyl (C=O) groups is 1. The molecular formula is C9H11BrN2O2. The number of rotatable bonds is 2. The highest BCUT2D eigenvalue weighted by Crippen LogP contribution is 2.25. The van der Waals surface area contributed by atoms with Gasteiger partial charge in [0.1, 0.15) is 10.4 Å². The molecule has 5 heteroatoms. The highest BCUT2D eigenvalue weighted by molar-refractivity contribution is 9.10. The molecule has 1 atom stereocenters. The maximum absolute atomic E-state index is 10.6. The maximum atomic E-state index is 10.6. The lowest BCUT2D eigenvalue weighted by Gasteiger charge is -2.22. The van der Waals surface area contributed by atoms with Crippen molar-refractivity contribution in [1.29, 1.82) is 0 Å². The van der Waals surface area contributed by atoms with Crippen molar-refractivity contribution in [3.05, 3.63) is 16.6 Å². The number of aliphatic carboxylic acids is 1. The standard InChI is InChI=1S/C9H11BrN2O2/c10-7-4-11-8-2-1-6(3-9(13)14)5-12(7)8/h4,6H,1-3,5H2,(H,13,14). The molecule has 0 amide bonds. The summed E-state index contributed by atoms with van der Waals surface area (Å²) in [6.45, 7) is 0.766. The first-order valence-electron chi connectivity index (χ1n) is 4.58. The first kappa shape index (κ1) is 9.71. The van der Waals surface area contributed by atoms with E-state index in [1.165, 1.54) is 0 Å². The van der Waals surface area contributed by atoms with Crippen LogP contribution in [0.3, 0.4) is 0 Å². The molecular weight excluding hydrogens is 248 g/mol. The van der Waals surface area contributed by atoms with Crippen LogP contribution in [0.2, 0.25) is 0 Å². The van der Waals surface area contributed by atoms with Crippen molar-refractivity contribution in [2.45, 2.75) is 25.8 Å². The Morgan fingerprint density at radius 3 is 3.29 bits per heavy atom. The van der Waals surface area contributed by atoms with Crippen LogP contribution >= 0.6 is 15.9 Å².